The second-order valence-corrected chi connectivity index (χ2v) is 9.24. The molecule has 1 saturated heterocycles. The van der Waals surface area contributed by atoms with Crippen LogP contribution in [0.4, 0.5) is 0 Å². The normalized spacial score (nSPS) is 20.7. The second kappa shape index (κ2) is 8.42. The number of nitrogens with zero attached hydrogens (tertiary/aromatic N) is 1. The maximum atomic E-state index is 12.6. The zero-order chi connectivity index (χ0) is 23.1. The molecule has 3 aromatic rings. The number of rotatable bonds is 5. The molecule has 1 saturated carbocycles. The van der Waals surface area contributed by atoms with Gasteiger partial charge in [0.1, 0.15) is 11.5 Å². The lowest BCUT2D eigenvalue weighted by molar-refractivity contribution is -0.146. The van der Waals surface area contributed by atoms with Gasteiger partial charge in [-0.3, -0.25) is 14.4 Å². The molecule has 1 aromatic carbocycles. The average molecular weight is 449 g/mol. The Morgan fingerprint density at radius 2 is 1.94 bits per heavy atom. The third-order valence-electron chi connectivity index (χ3n) is 7.00. The SMILES string of the molecule is CC1CC1c1ccc(CNC(=O)C(=O)N2CCC(c3c[nH]c4ccc(C(N)=O)cc34)CC2)o1. The average Bonchev–Trinajstić information content (AvgIpc) is 3.21. The molecule has 5 rings (SSSR count). The Morgan fingerprint density at radius 3 is 2.64 bits per heavy atom. The number of H-pyrrole nitrogens is 1. The number of likely N-dealkylation sites (tertiary alicyclic amines) is 1. The highest BCUT2D eigenvalue weighted by Crippen LogP contribution is 2.47. The van der Waals surface area contributed by atoms with Crippen molar-refractivity contribution in [2.75, 3.05) is 13.1 Å². The van der Waals surface area contributed by atoms with E-state index in [9.17, 15) is 14.4 Å². The standard InChI is InChI=1S/C25H28N4O4/c1-14-10-18(14)22-5-3-17(33-22)12-28-24(31)25(32)29-8-6-15(7-9-29)20-13-27-21-4-2-16(23(26)30)11-19(20)21/h2-5,11,13-15,18,27H,6-10,12H2,1H3,(H2,26,30)(H,28,31). The van der Waals surface area contributed by atoms with Crippen molar-refractivity contribution in [2.45, 2.75) is 44.6 Å². The lowest BCUT2D eigenvalue weighted by Crippen LogP contribution is -2.46. The minimum atomic E-state index is -0.607. The summed E-state index contributed by atoms with van der Waals surface area (Å²) in [5.74, 6) is 1.42. The van der Waals surface area contributed by atoms with Crippen LogP contribution in [0.15, 0.2) is 40.9 Å². The number of hydrogen-bond acceptors (Lipinski definition) is 4. The molecule has 3 amide bonds. The van der Waals surface area contributed by atoms with Gasteiger partial charge in [0.05, 0.1) is 6.54 Å². The summed E-state index contributed by atoms with van der Waals surface area (Å²) in [4.78, 5) is 41.5. The van der Waals surface area contributed by atoms with Crippen molar-refractivity contribution < 1.29 is 18.8 Å². The Hall–Kier alpha value is -3.55. The van der Waals surface area contributed by atoms with Crippen LogP contribution < -0.4 is 11.1 Å². The van der Waals surface area contributed by atoms with Gasteiger partial charge in [-0.2, -0.15) is 0 Å². The number of benzene rings is 1. The fourth-order valence-corrected chi connectivity index (χ4v) is 4.82. The summed E-state index contributed by atoms with van der Waals surface area (Å²) in [6.07, 6.45) is 4.59. The number of aromatic amines is 1. The molecule has 33 heavy (non-hydrogen) atoms. The summed E-state index contributed by atoms with van der Waals surface area (Å²) < 4.78 is 5.80. The lowest BCUT2D eigenvalue weighted by Gasteiger charge is -2.31. The molecule has 2 unspecified atom stereocenters. The Kier molecular flexibility index (Phi) is 5.44. The van der Waals surface area contributed by atoms with Crippen molar-refractivity contribution in [2.24, 2.45) is 11.7 Å². The van der Waals surface area contributed by atoms with Gasteiger partial charge < -0.3 is 25.4 Å². The first-order valence-corrected chi connectivity index (χ1v) is 11.5. The van der Waals surface area contributed by atoms with E-state index in [0.717, 1.165) is 41.5 Å². The van der Waals surface area contributed by atoms with Gasteiger partial charge in [-0.1, -0.05) is 6.92 Å². The van der Waals surface area contributed by atoms with Gasteiger partial charge >= 0.3 is 11.8 Å². The molecule has 2 atom stereocenters. The van der Waals surface area contributed by atoms with Gasteiger partial charge in [-0.15, -0.1) is 0 Å². The number of fused-ring (bicyclic) bond motifs is 1. The largest absolute Gasteiger partial charge is 0.464 e. The van der Waals surface area contributed by atoms with Crippen molar-refractivity contribution in [3.8, 4) is 0 Å². The number of amides is 3. The van der Waals surface area contributed by atoms with Crippen LogP contribution in [0.2, 0.25) is 0 Å². The minimum absolute atomic E-state index is 0.208. The van der Waals surface area contributed by atoms with E-state index in [4.69, 9.17) is 10.2 Å². The summed E-state index contributed by atoms with van der Waals surface area (Å²) in [6.45, 7) is 3.40. The third-order valence-corrected chi connectivity index (χ3v) is 7.00. The molecule has 2 fully saturated rings. The van der Waals surface area contributed by atoms with Gasteiger partial charge in [-0.25, -0.2) is 0 Å². The molecule has 172 valence electrons. The Labute approximate surface area is 191 Å². The van der Waals surface area contributed by atoms with Gasteiger partial charge in [0.2, 0.25) is 5.91 Å². The maximum Gasteiger partial charge on any atom is 0.311 e. The van der Waals surface area contributed by atoms with Gasteiger partial charge in [0.25, 0.3) is 0 Å². The van der Waals surface area contributed by atoms with Crippen LogP contribution in [-0.4, -0.2) is 40.7 Å². The summed E-state index contributed by atoms with van der Waals surface area (Å²) in [5.41, 5.74) is 7.97. The fraction of sp³-hybridized carbons (Fsp3) is 0.400. The molecule has 8 heteroatoms. The highest BCUT2D eigenvalue weighted by Gasteiger charge is 2.36. The lowest BCUT2D eigenvalue weighted by atomic mass is 9.89. The van der Waals surface area contributed by atoms with Crippen LogP contribution in [0.25, 0.3) is 10.9 Å². The van der Waals surface area contributed by atoms with Crippen LogP contribution in [-0.2, 0) is 16.1 Å². The van der Waals surface area contributed by atoms with Crippen LogP contribution in [0.1, 0.15) is 65.5 Å². The number of nitrogens with one attached hydrogen (secondary N) is 2. The van der Waals surface area contributed by atoms with Crippen molar-refractivity contribution in [1.82, 2.24) is 15.2 Å². The zero-order valence-electron chi connectivity index (χ0n) is 18.6. The van der Waals surface area contributed by atoms with Gasteiger partial charge in [-0.05, 0) is 67.0 Å². The Balaban J connectivity index is 1.16. The quantitative estimate of drug-likeness (QED) is 0.520. The number of carbonyl (C=O) groups is 3. The predicted octanol–water partition coefficient (Wildman–Crippen LogP) is 3.01. The summed E-state index contributed by atoms with van der Waals surface area (Å²) in [6, 6.07) is 9.20. The molecule has 2 aromatic heterocycles. The molecular formula is C25H28N4O4. The van der Waals surface area contributed by atoms with E-state index >= 15 is 0 Å². The molecule has 2 aliphatic rings. The van der Waals surface area contributed by atoms with Crippen molar-refractivity contribution in [3.63, 3.8) is 0 Å². The van der Waals surface area contributed by atoms with E-state index in [0.29, 0.717) is 36.2 Å². The zero-order valence-corrected chi connectivity index (χ0v) is 18.6. The van der Waals surface area contributed by atoms with Gasteiger partial charge in [0.15, 0.2) is 0 Å². The van der Waals surface area contributed by atoms with Crippen LogP contribution in [0.3, 0.4) is 0 Å². The van der Waals surface area contributed by atoms with E-state index in [-0.39, 0.29) is 12.5 Å². The number of carbonyl (C=O) groups excluding carboxylic acids is 3. The molecule has 0 bridgehead atoms. The smallest absolute Gasteiger partial charge is 0.311 e. The summed E-state index contributed by atoms with van der Waals surface area (Å²) in [7, 11) is 0. The minimum Gasteiger partial charge on any atom is -0.464 e. The molecule has 0 radical (unpaired) electrons. The van der Waals surface area contributed by atoms with Crippen molar-refractivity contribution in [1.29, 1.82) is 0 Å². The Bertz CT molecular complexity index is 1220. The second-order valence-electron chi connectivity index (χ2n) is 9.24. The molecule has 4 N–H and O–H groups in total. The number of primary amides is 1. The number of nitrogens with two attached hydrogens (primary N) is 1. The van der Waals surface area contributed by atoms with E-state index < -0.39 is 17.7 Å². The van der Waals surface area contributed by atoms with E-state index in [1.54, 1.807) is 11.0 Å². The third kappa shape index (κ3) is 4.25. The molecule has 1 aliphatic heterocycles. The van der Waals surface area contributed by atoms with E-state index in [2.05, 4.69) is 17.2 Å². The first-order chi connectivity index (χ1) is 15.9. The Morgan fingerprint density at radius 1 is 1.18 bits per heavy atom. The summed E-state index contributed by atoms with van der Waals surface area (Å²) in [5, 5.41) is 3.67. The van der Waals surface area contributed by atoms with E-state index in [1.807, 2.05) is 30.5 Å². The molecule has 8 nitrogen and oxygen atoms in total. The highest BCUT2D eigenvalue weighted by atomic mass is 16.3. The molecular weight excluding hydrogens is 420 g/mol. The highest BCUT2D eigenvalue weighted by molar-refractivity contribution is 6.35. The van der Waals surface area contributed by atoms with Gasteiger partial charge in [0, 0.05) is 41.7 Å². The van der Waals surface area contributed by atoms with Crippen molar-refractivity contribution in [3.05, 3.63) is 59.2 Å². The fourth-order valence-electron chi connectivity index (χ4n) is 4.82. The van der Waals surface area contributed by atoms with Crippen LogP contribution in [0, 0.1) is 5.92 Å². The first-order valence-electron chi connectivity index (χ1n) is 11.5. The number of aromatic nitrogens is 1. The number of furan rings is 1. The number of hydrogen-bond donors (Lipinski definition) is 3. The molecule has 1 aliphatic carbocycles. The van der Waals surface area contributed by atoms with E-state index in [1.165, 1.54) is 0 Å². The molecule has 3 heterocycles. The van der Waals surface area contributed by atoms with Crippen LogP contribution >= 0.6 is 0 Å². The predicted molar refractivity (Wildman–Crippen MR) is 122 cm³/mol. The van der Waals surface area contributed by atoms with Crippen molar-refractivity contribution >= 4 is 28.6 Å². The van der Waals surface area contributed by atoms with Crippen LogP contribution in [0.5, 0.6) is 0 Å². The number of piperidine rings is 1. The maximum absolute atomic E-state index is 12.6. The summed E-state index contributed by atoms with van der Waals surface area (Å²) >= 11 is 0. The monoisotopic (exact) mass is 448 g/mol. The first kappa shape index (κ1) is 21.3. The molecule has 0 spiro atoms. The topological polar surface area (TPSA) is 121 Å².